The van der Waals surface area contributed by atoms with Crippen molar-refractivity contribution in [2.24, 2.45) is 0 Å². The molecule has 7 heteroatoms. The fourth-order valence-corrected chi connectivity index (χ4v) is 3.39. The molecule has 138 valence electrons. The Labute approximate surface area is 161 Å². The number of benzene rings is 2. The standard InChI is InChI=1S/C20H18ClN3O3/c1-2-26-17-9-4-3-8-16(17)19-22-20(27-23-19)13-10-18(25)24(12-13)15-7-5-6-14(21)11-15/h3-9,11,13H,2,10,12H2,1H3. The van der Waals surface area contributed by atoms with Gasteiger partial charge in [-0.1, -0.05) is 35.0 Å². The van der Waals surface area contributed by atoms with Crippen LogP contribution in [0.2, 0.25) is 5.02 Å². The van der Waals surface area contributed by atoms with Crippen LogP contribution in [0.3, 0.4) is 0 Å². The van der Waals surface area contributed by atoms with E-state index in [2.05, 4.69) is 10.1 Å². The molecule has 6 nitrogen and oxygen atoms in total. The van der Waals surface area contributed by atoms with Crippen molar-refractivity contribution in [3.63, 3.8) is 0 Å². The van der Waals surface area contributed by atoms with Crippen molar-refractivity contribution in [3.05, 3.63) is 59.4 Å². The predicted molar refractivity (Wildman–Crippen MR) is 102 cm³/mol. The maximum Gasteiger partial charge on any atom is 0.232 e. The van der Waals surface area contributed by atoms with Crippen molar-refractivity contribution in [2.75, 3.05) is 18.1 Å². The van der Waals surface area contributed by atoms with Gasteiger partial charge in [-0.3, -0.25) is 4.79 Å². The fourth-order valence-electron chi connectivity index (χ4n) is 3.21. The van der Waals surface area contributed by atoms with Crippen LogP contribution in [0.5, 0.6) is 5.75 Å². The van der Waals surface area contributed by atoms with E-state index in [9.17, 15) is 4.79 Å². The largest absolute Gasteiger partial charge is 0.493 e. The van der Waals surface area contributed by atoms with Gasteiger partial charge in [-0.2, -0.15) is 4.98 Å². The van der Waals surface area contributed by atoms with Crippen molar-refractivity contribution < 1.29 is 14.1 Å². The Kier molecular flexibility index (Phi) is 4.81. The lowest BCUT2D eigenvalue weighted by atomic mass is 10.1. The second-order valence-electron chi connectivity index (χ2n) is 6.27. The first-order valence-corrected chi connectivity index (χ1v) is 9.15. The summed E-state index contributed by atoms with van der Waals surface area (Å²) in [6.45, 7) is 2.95. The average molecular weight is 384 g/mol. The third-order valence-electron chi connectivity index (χ3n) is 4.46. The smallest absolute Gasteiger partial charge is 0.232 e. The number of rotatable bonds is 5. The summed E-state index contributed by atoms with van der Waals surface area (Å²) in [5.74, 6) is 1.47. The number of hydrogen-bond acceptors (Lipinski definition) is 5. The molecule has 1 aliphatic rings. The van der Waals surface area contributed by atoms with E-state index < -0.39 is 0 Å². The number of nitrogens with zero attached hydrogens (tertiary/aromatic N) is 3. The highest BCUT2D eigenvalue weighted by atomic mass is 35.5. The van der Waals surface area contributed by atoms with Gasteiger partial charge in [0, 0.05) is 23.7 Å². The van der Waals surface area contributed by atoms with E-state index >= 15 is 0 Å². The third kappa shape index (κ3) is 3.53. The summed E-state index contributed by atoms with van der Waals surface area (Å²) in [6.07, 6.45) is 0.321. The van der Waals surface area contributed by atoms with E-state index in [1.807, 2.05) is 43.3 Å². The van der Waals surface area contributed by atoms with Crippen molar-refractivity contribution in [3.8, 4) is 17.1 Å². The molecule has 0 spiro atoms. The van der Waals surface area contributed by atoms with Crippen LogP contribution in [0.4, 0.5) is 5.69 Å². The van der Waals surface area contributed by atoms with Crippen molar-refractivity contribution in [1.29, 1.82) is 0 Å². The lowest BCUT2D eigenvalue weighted by Gasteiger charge is -2.16. The minimum absolute atomic E-state index is 0.0109. The third-order valence-corrected chi connectivity index (χ3v) is 4.70. The molecule has 1 unspecified atom stereocenters. The molecule has 4 rings (SSSR count). The van der Waals surface area contributed by atoms with E-state index in [4.69, 9.17) is 20.9 Å². The summed E-state index contributed by atoms with van der Waals surface area (Å²) in [5.41, 5.74) is 1.54. The van der Waals surface area contributed by atoms with Gasteiger partial charge < -0.3 is 14.2 Å². The molecule has 1 amide bonds. The second kappa shape index (κ2) is 7.40. The van der Waals surface area contributed by atoms with E-state index in [0.29, 0.717) is 42.1 Å². The summed E-state index contributed by atoms with van der Waals surface area (Å²) < 4.78 is 11.1. The van der Waals surface area contributed by atoms with Gasteiger partial charge in [-0.15, -0.1) is 0 Å². The molecule has 2 heterocycles. The highest BCUT2D eigenvalue weighted by Crippen LogP contribution is 2.34. The van der Waals surface area contributed by atoms with Gasteiger partial charge in [0.15, 0.2) is 0 Å². The van der Waals surface area contributed by atoms with Gasteiger partial charge in [0.2, 0.25) is 17.6 Å². The van der Waals surface area contributed by atoms with Gasteiger partial charge in [0.05, 0.1) is 18.1 Å². The maximum atomic E-state index is 12.5. The molecule has 0 N–H and O–H groups in total. The molecule has 1 atom stereocenters. The van der Waals surface area contributed by atoms with Crippen LogP contribution in [0.1, 0.15) is 25.2 Å². The number of anilines is 1. The SMILES string of the molecule is CCOc1ccccc1-c1noc(C2CC(=O)N(c3cccc(Cl)c3)C2)n1. The highest BCUT2D eigenvalue weighted by molar-refractivity contribution is 6.30. The zero-order chi connectivity index (χ0) is 18.8. The first kappa shape index (κ1) is 17.5. The summed E-state index contributed by atoms with van der Waals surface area (Å²) >= 11 is 6.05. The van der Waals surface area contributed by atoms with Gasteiger partial charge >= 0.3 is 0 Å². The van der Waals surface area contributed by atoms with E-state index in [1.165, 1.54) is 0 Å². The molecule has 0 bridgehead atoms. The number of carbonyl (C=O) groups excluding carboxylic acids is 1. The molecule has 1 saturated heterocycles. The normalized spacial score (nSPS) is 16.7. The topological polar surface area (TPSA) is 68.5 Å². The zero-order valence-corrected chi connectivity index (χ0v) is 15.5. The molecular weight excluding hydrogens is 366 g/mol. The molecular formula is C20H18ClN3O3. The molecule has 1 fully saturated rings. The predicted octanol–water partition coefficient (Wildman–Crippen LogP) is 4.31. The molecule has 1 aliphatic heterocycles. The molecule has 1 aromatic heterocycles. The number of amides is 1. The van der Waals surface area contributed by atoms with Crippen LogP contribution < -0.4 is 9.64 Å². The van der Waals surface area contributed by atoms with Crippen molar-refractivity contribution in [2.45, 2.75) is 19.3 Å². The van der Waals surface area contributed by atoms with E-state index in [0.717, 1.165) is 11.3 Å². The first-order chi connectivity index (χ1) is 13.2. The van der Waals surface area contributed by atoms with Crippen molar-refractivity contribution in [1.82, 2.24) is 10.1 Å². The summed E-state index contributed by atoms with van der Waals surface area (Å²) in [5, 5.41) is 4.69. The lowest BCUT2D eigenvalue weighted by Crippen LogP contribution is -2.24. The van der Waals surface area contributed by atoms with Gasteiger partial charge in [0.25, 0.3) is 0 Å². The summed E-state index contributed by atoms with van der Waals surface area (Å²) in [6, 6.07) is 14.8. The quantitative estimate of drug-likeness (QED) is 0.656. The summed E-state index contributed by atoms with van der Waals surface area (Å²) in [7, 11) is 0. The minimum atomic E-state index is -0.156. The number of ether oxygens (including phenoxy) is 1. The highest BCUT2D eigenvalue weighted by Gasteiger charge is 2.35. The molecule has 27 heavy (non-hydrogen) atoms. The lowest BCUT2D eigenvalue weighted by molar-refractivity contribution is -0.117. The Morgan fingerprint density at radius 2 is 2.11 bits per heavy atom. The monoisotopic (exact) mass is 383 g/mol. The number of aromatic nitrogens is 2. The average Bonchev–Trinajstić information content (AvgIpc) is 3.29. The van der Waals surface area contributed by atoms with Gasteiger partial charge in [0.1, 0.15) is 5.75 Å². The Balaban J connectivity index is 1.57. The Hall–Kier alpha value is -2.86. The minimum Gasteiger partial charge on any atom is -0.493 e. The summed E-state index contributed by atoms with van der Waals surface area (Å²) in [4.78, 5) is 18.7. The Morgan fingerprint density at radius 3 is 2.93 bits per heavy atom. The Morgan fingerprint density at radius 1 is 1.26 bits per heavy atom. The van der Waals surface area contributed by atoms with Gasteiger partial charge in [-0.05, 0) is 37.3 Å². The molecule has 2 aromatic carbocycles. The molecule has 0 saturated carbocycles. The van der Waals surface area contributed by atoms with E-state index in [1.54, 1.807) is 17.0 Å². The molecule has 0 aliphatic carbocycles. The van der Waals surface area contributed by atoms with Crippen molar-refractivity contribution >= 4 is 23.2 Å². The number of hydrogen-bond donors (Lipinski definition) is 0. The Bertz CT molecular complexity index is 972. The first-order valence-electron chi connectivity index (χ1n) is 8.77. The van der Waals surface area contributed by atoms with Crippen LogP contribution in [0.25, 0.3) is 11.4 Å². The van der Waals surface area contributed by atoms with Crippen LogP contribution in [0.15, 0.2) is 53.1 Å². The number of para-hydroxylation sites is 1. The van der Waals surface area contributed by atoms with Crippen LogP contribution in [-0.2, 0) is 4.79 Å². The number of carbonyl (C=O) groups is 1. The van der Waals surface area contributed by atoms with Crippen LogP contribution in [0, 0.1) is 0 Å². The zero-order valence-electron chi connectivity index (χ0n) is 14.8. The van der Waals surface area contributed by atoms with Crippen LogP contribution in [-0.4, -0.2) is 29.2 Å². The van der Waals surface area contributed by atoms with Gasteiger partial charge in [-0.25, -0.2) is 0 Å². The van der Waals surface area contributed by atoms with Crippen LogP contribution >= 0.6 is 11.6 Å². The molecule has 3 aromatic rings. The fraction of sp³-hybridized carbons (Fsp3) is 0.250. The number of halogens is 1. The molecule has 0 radical (unpaired) electrons. The second-order valence-corrected chi connectivity index (χ2v) is 6.71. The maximum absolute atomic E-state index is 12.5. The van der Waals surface area contributed by atoms with E-state index in [-0.39, 0.29) is 11.8 Å².